The van der Waals surface area contributed by atoms with Gasteiger partial charge in [0.05, 0.1) is 0 Å². The quantitative estimate of drug-likeness (QED) is 0.411. The van der Waals surface area contributed by atoms with Gasteiger partial charge in [0.2, 0.25) is 0 Å². The molecule has 0 rings (SSSR count). The van der Waals surface area contributed by atoms with Crippen LogP contribution >= 0.6 is 0 Å². The van der Waals surface area contributed by atoms with Crippen molar-refractivity contribution < 1.29 is 0 Å². The van der Waals surface area contributed by atoms with Gasteiger partial charge in [0, 0.05) is 12.8 Å². The van der Waals surface area contributed by atoms with Gasteiger partial charge in [-0.05, 0) is 12.8 Å². The van der Waals surface area contributed by atoms with Crippen LogP contribution in [0.1, 0.15) is 65.2 Å². The number of hydrogen-bond donors (Lipinski definition) is 0. The fourth-order valence-corrected chi connectivity index (χ4v) is 1.08. The summed E-state index contributed by atoms with van der Waals surface area (Å²) in [6.45, 7) is 4.45. The van der Waals surface area contributed by atoms with Crippen LogP contribution in [0.25, 0.3) is 0 Å². The second kappa shape index (κ2) is 10.6. The average Bonchev–Trinajstić information content (AvgIpc) is 2.10. The van der Waals surface area contributed by atoms with Crippen molar-refractivity contribution in [1.82, 2.24) is 0 Å². The number of rotatable bonds is 6. The number of hydrogen-bond acceptors (Lipinski definition) is 0. The SMILES string of the molecule is CCCCC#CCCCCCC. The maximum absolute atomic E-state index is 3.23. The predicted molar refractivity (Wildman–Crippen MR) is 56.1 cm³/mol. The molecule has 0 N–H and O–H groups in total. The molecule has 0 aromatic rings. The third kappa shape index (κ3) is 9.56. The summed E-state index contributed by atoms with van der Waals surface area (Å²) >= 11 is 0. The molecule has 0 aromatic heterocycles. The van der Waals surface area contributed by atoms with Crippen LogP contribution in [0.3, 0.4) is 0 Å². The Hall–Kier alpha value is -0.440. The van der Waals surface area contributed by atoms with Gasteiger partial charge in [-0.25, -0.2) is 0 Å². The van der Waals surface area contributed by atoms with Crippen LogP contribution in [0.5, 0.6) is 0 Å². The van der Waals surface area contributed by atoms with E-state index in [2.05, 4.69) is 25.7 Å². The zero-order valence-electron chi connectivity index (χ0n) is 8.66. The maximum Gasteiger partial charge on any atom is 0.00886 e. The highest BCUT2D eigenvalue weighted by Crippen LogP contribution is 2.01. The molecule has 0 amide bonds. The lowest BCUT2D eigenvalue weighted by Crippen LogP contribution is -1.74. The van der Waals surface area contributed by atoms with Gasteiger partial charge in [-0.1, -0.05) is 39.5 Å². The van der Waals surface area contributed by atoms with Crippen LogP contribution < -0.4 is 0 Å². The van der Waals surface area contributed by atoms with Gasteiger partial charge in [-0.2, -0.15) is 0 Å². The van der Waals surface area contributed by atoms with E-state index in [-0.39, 0.29) is 0 Å². The molecule has 0 unspecified atom stereocenters. The zero-order valence-corrected chi connectivity index (χ0v) is 8.66. The van der Waals surface area contributed by atoms with Gasteiger partial charge in [0.1, 0.15) is 0 Å². The molecule has 0 aliphatic carbocycles. The summed E-state index contributed by atoms with van der Waals surface area (Å²) in [4.78, 5) is 0. The monoisotopic (exact) mass is 166 g/mol. The van der Waals surface area contributed by atoms with E-state index in [9.17, 15) is 0 Å². The highest BCUT2D eigenvalue weighted by Gasteiger charge is 1.83. The molecule has 0 saturated heterocycles. The highest BCUT2D eigenvalue weighted by molar-refractivity contribution is 4.98. The van der Waals surface area contributed by atoms with Crippen LogP contribution in [0.15, 0.2) is 0 Å². The van der Waals surface area contributed by atoms with Crippen LogP contribution in [0.4, 0.5) is 0 Å². The fraction of sp³-hybridized carbons (Fsp3) is 0.833. The molecule has 0 radical (unpaired) electrons. The Bertz CT molecular complexity index is 125. The average molecular weight is 166 g/mol. The summed E-state index contributed by atoms with van der Waals surface area (Å²) in [7, 11) is 0. The maximum atomic E-state index is 3.23. The van der Waals surface area contributed by atoms with Gasteiger partial charge in [-0.3, -0.25) is 0 Å². The molecule has 70 valence electrons. The van der Waals surface area contributed by atoms with E-state index < -0.39 is 0 Å². The lowest BCUT2D eigenvalue weighted by molar-refractivity contribution is 0.679. The minimum absolute atomic E-state index is 1.10. The third-order valence-electron chi connectivity index (χ3n) is 1.94. The molecule has 0 aromatic carbocycles. The normalized spacial score (nSPS) is 9.17. The first kappa shape index (κ1) is 11.6. The van der Waals surface area contributed by atoms with Crippen molar-refractivity contribution >= 4 is 0 Å². The molecule has 0 heteroatoms. The minimum Gasteiger partial charge on any atom is -0.103 e. The molecule has 0 spiro atoms. The lowest BCUT2D eigenvalue weighted by atomic mass is 10.1. The van der Waals surface area contributed by atoms with Crippen LogP contribution in [-0.2, 0) is 0 Å². The van der Waals surface area contributed by atoms with E-state index in [1.54, 1.807) is 0 Å². The molecule has 0 saturated carbocycles. The van der Waals surface area contributed by atoms with Crippen molar-refractivity contribution in [2.24, 2.45) is 0 Å². The van der Waals surface area contributed by atoms with E-state index in [0.29, 0.717) is 0 Å². The lowest BCUT2D eigenvalue weighted by Gasteiger charge is -1.91. The Kier molecular flexibility index (Phi) is 10.2. The highest BCUT2D eigenvalue weighted by atomic mass is 13.9. The first-order valence-corrected chi connectivity index (χ1v) is 5.37. The molecular weight excluding hydrogens is 144 g/mol. The topological polar surface area (TPSA) is 0 Å². The van der Waals surface area contributed by atoms with Gasteiger partial charge < -0.3 is 0 Å². The third-order valence-corrected chi connectivity index (χ3v) is 1.94. The molecule has 0 nitrogen and oxygen atoms in total. The second-order valence-electron chi connectivity index (χ2n) is 3.27. The van der Waals surface area contributed by atoms with Gasteiger partial charge in [0.15, 0.2) is 0 Å². The predicted octanol–water partition coefficient (Wildman–Crippen LogP) is 4.15. The molecule has 12 heavy (non-hydrogen) atoms. The van der Waals surface area contributed by atoms with Gasteiger partial charge in [0.25, 0.3) is 0 Å². The van der Waals surface area contributed by atoms with Crippen LogP contribution in [-0.4, -0.2) is 0 Å². The second-order valence-corrected chi connectivity index (χ2v) is 3.27. The smallest absolute Gasteiger partial charge is 0.00886 e. The number of unbranched alkanes of at least 4 members (excludes halogenated alkanes) is 6. The van der Waals surface area contributed by atoms with Crippen molar-refractivity contribution in [3.63, 3.8) is 0 Å². The Labute approximate surface area is 77.8 Å². The largest absolute Gasteiger partial charge is 0.103 e. The molecular formula is C12H22. The molecule has 0 heterocycles. The first-order chi connectivity index (χ1) is 5.91. The van der Waals surface area contributed by atoms with Crippen LogP contribution in [0, 0.1) is 11.8 Å². The van der Waals surface area contributed by atoms with E-state index >= 15 is 0 Å². The molecule has 0 aliphatic rings. The van der Waals surface area contributed by atoms with Gasteiger partial charge >= 0.3 is 0 Å². The molecule has 0 aliphatic heterocycles. The first-order valence-electron chi connectivity index (χ1n) is 5.37. The summed E-state index contributed by atoms with van der Waals surface area (Å²) < 4.78 is 0. The zero-order chi connectivity index (χ0) is 9.07. The molecule has 0 fully saturated rings. The Morgan fingerprint density at radius 2 is 1.25 bits per heavy atom. The fourth-order valence-electron chi connectivity index (χ4n) is 1.08. The summed E-state index contributed by atoms with van der Waals surface area (Å²) in [5.41, 5.74) is 0. The van der Waals surface area contributed by atoms with Gasteiger partial charge in [-0.15, -0.1) is 11.8 Å². The Balaban J connectivity index is 2.99. The van der Waals surface area contributed by atoms with Crippen molar-refractivity contribution in [1.29, 1.82) is 0 Å². The van der Waals surface area contributed by atoms with E-state index in [4.69, 9.17) is 0 Å². The van der Waals surface area contributed by atoms with E-state index in [0.717, 1.165) is 12.8 Å². The Morgan fingerprint density at radius 3 is 1.83 bits per heavy atom. The molecule has 0 atom stereocenters. The summed E-state index contributed by atoms with van der Waals surface area (Å²) in [6, 6.07) is 0. The Morgan fingerprint density at radius 1 is 0.667 bits per heavy atom. The molecule has 0 bridgehead atoms. The van der Waals surface area contributed by atoms with E-state index in [1.807, 2.05) is 0 Å². The van der Waals surface area contributed by atoms with Crippen LogP contribution in [0.2, 0.25) is 0 Å². The summed E-state index contributed by atoms with van der Waals surface area (Å²) in [5.74, 6) is 6.44. The standard InChI is InChI=1S/C12H22/c1-3-5-7-9-11-12-10-8-6-4-2/h3-9,11H2,1-2H3. The van der Waals surface area contributed by atoms with Crippen molar-refractivity contribution in [2.75, 3.05) is 0 Å². The summed E-state index contributed by atoms with van der Waals surface area (Å²) in [5, 5.41) is 0. The van der Waals surface area contributed by atoms with E-state index in [1.165, 1.54) is 38.5 Å². The minimum atomic E-state index is 1.10. The van der Waals surface area contributed by atoms with Crippen molar-refractivity contribution in [3.05, 3.63) is 0 Å². The van der Waals surface area contributed by atoms with Crippen molar-refractivity contribution in [3.8, 4) is 11.8 Å². The summed E-state index contributed by atoms with van der Waals surface area (Å²) in [6.07, 6.45) is 10.1. The van der Waals surface area contributed by atoms with Crippen molar-refractivity contribution in [2.45, 2.75) is 65.2 Å².